The number of amides is 11. The molecule has 0 radical (unpaired) electrons. The molecular formula is C82H134N12O26S2. The number of carbonyl (C=O) groups excluding carboxylic acids is 11. The molecule has 0 spiro atoms. The van der Waals surface area contributed by atoms with Crippen molar-refractivity contribution in [2.24, 2.45) is 23.5 Å². The lowest BCUT2D eigenvalue weighted by atomic mass is 9.93. The number of nitrogens with two attached hydrogens (primary N) is 1. The lowest BCUT2D eigenvalue weighted by Gasteiger charge is -2.32. The summed E-state index contributed by atoms with van der Waals surface area (Å²) in [5.41, 5.74) is 6.94. The number of hydrogen-bond donors (Lipinski definition) is 13. The number of benzene rings is 1. The van der Waals surface area contributed by atoms with Gasteiger partial charge in [0, 0.05) is 103 Å². The minimum Gasteiger partial charge on any atom is -0.610 e. The highest BCUT2D eigenvalue weighted by Gasteiger charge is 2.47. The molecular weight excluding hydrogens is 1630 g/mol. The van der Waals surface area contributed by atoms with Crippen LogP contribution in [0.4, 0.5) is 0 Å². The average Bonchev–Trinajstić information content (AvgIpc) is 1.61. The zero-order valence-corrected chi connectivity index (χ0v) is 73.5. The van der Waals surface area contributed by atoms with Crippen molar-refractivity contribution in [3.05, 3.63) is 23.3 Å². The molecule has 1 aromatic carbocycles. The predicted octanol–water partition coefficient (Wildman–Crippen LogP) is 0.300. The van der Waals surface area contributed by atoms with Gasteiger partial charge in [-0.2, -0.15) is 11.8 Å². The minimum absolute atomic E-state index is 0.0229. The Morgan fingerprint density at radius 3 is 1.89 bits per heavy atom. The molecule has 11 amide bonds. The van der Waals surface area contributed by atoms with Crippen LogP contribution in [0.15, 0.2) is 17.2 Å². The van der Waals surface area contributed by atoms with Crippen LogP contribution in [0.1, 0.15) is 155 Å². The minimum atomic E-state index is -2.46. The van der Waals surface area contributed by atoms with Gasteiger partial charge in [0.05, 0.1) is 169 Å². The molecule has 2 saturated heterocycles. The van der Waals surface area contributed by atoms with Crippen LogP contribution in [-0.4, -0.2) is 330 Å². The van der Waals surface area contributed by atoms with Crippen molar-refractivity contribution >= 4 is 105 Å². The van der Waals surface area contributed by atoms with E-state index in [0.29, 0.717) is 159 Å². The molecule has 13 atom stereocenters. The van der Waals surface area contributed by atoms with Gasteiger partial charge in [-0.3, -0.25) is 57.5 Å². The van der Waals surface area contributed by atoms with Crippen LogP contribution in [0.2, 0.25) is 0 Å². The molecule has 0 aliphatic carbocycles. The quantitative estimate of drug-likeness (QED) is 0.0313. The lowest BCUT2D eigenvalue weighted by Crippen LogP contribution is -2.61. The summed E-state index contributed by atoms with van der Waals surface area (Å²) in [5, 5.41) is 51.9. The van der Waals surface area contributed by atoms with Gasteiger partial charge in [0.1, 0.15) is 41.7 Å². The van der Waals surface area contributed by atoms with Gasteiger partial charge in [-0.25, -0.2) is 0 Å². The Morgan fingerprint density at radius 2 is 1.30 bits per heavy atom. The normalized spacial score (nSPS) is 22.1. The number of carboxylic acid groups (broad SMARTS) is 1. The number of likely N-dealkylation sites (tertiary alicyclic amines) is 1. The van der Waals surface area contributed by atoms with Gasteiger partial charge in [0.15, 0.2) is 6.04 Å². The van der Waals surface area contributed by atoms with Crippen molar-refractivity contribution in [1.29, 1.82) is 0 Å². The van der Waals surface area contributed by atoms with E-state index in [9.17, 15) is 43.8 Å². The van der Waals surface area contributed by atoms with Crippen LogP contribution in [0, 0.1) is 17.8 Å². The number of aliphatic hydroxyl groups excluding tert-OH is 2. The summed E-state index contributed by atoms with van der Waals surface area (Å²) >= 11 is -0.876. The molecule has 2 bridgehead atoms. The lowest BCUT2D eigenvalue weighted by molar-refractivity contribution is -0.144. The van der Waals surface area contributed by atoms with E-state index in [1.54, 1.807) is 42.6 Å². The summed E-state index contributed by atoms with van der Waals surface area (Å²) in [6.45, 7) is 15.6. The van der Waals surface area contributed by atoms with E-state index in [1.165, 1.54) is 14.0 Å². The largest absolute Gasteiger partial charge is 0.610 e. The van der Waals surface area contributed by atoms with Crippen molar-refractivity contribution in [2.75, 3.05) is 164 Å². The van der Waals surface area contributed by atoms with E-state index in [4.69, 9.17) is 58.2 Å². The Hall–Kier alpha value is -7.58. The van der Waals surface area contributed by atoms with Gasteiger partial charge < -0.3 is 130 Å². The number of hydrogen-bond acceptors (Lipinski definition) is 26. The number of primary amides is 1. The molecule has 40 heteroatoms. The molecule has 5 heterocycles. The summed E-state index contributed by atoms with van der Waals surface area (Å²) in [6.07, 6.45) is 2.53. The third-order valence-corrected chi connectivity index (χ3v) is 24.7. The van der Waals surface area contributed by atoms with E-state index in [1.807, 2.05) is 0 Å². The summed E-state index contributed by atoms with van der Waals surface area (Å²) in [4.78, 5) is 174. The fourth-order valence-electron chi connectivity index (χ4n) is 14.2. The highest BCUT2D eigenvalue weighted by Crippen LogP contribution is 2.39. The second-order valence-corrected chi connectivity index (χ2v) is 33.7. The van der Waals surface area contributed by atoms with Gasteiger partial charge in [-0.1, -0.05) is 73.6 Å². The van der Waals surface area contributed by atoms with Gasteiger partial charge >= 0.3 is 5.97 Å². The van der Waals surface area contributed by atoms with Gasteiger partial charge in [-0.05, 0) is 56.1 Å². The molecule has 0 saturated carbocycles. The first-order chi connectivity index (χ1) is 58.7. The van der Waals surface area contributed by atoms with E-state index in [-0.39, 0.29) is 105 Å². The second kappa shape index (κ2) is 57.1. The first kappa shape index (κ1) is 103. The number of methoxy groups -OCH3 is 1. The molecule has 2 aromatic rings. The summed E-state index contributed by atoms with van der Waals surface area (Å²) in [5.74, 6) is -11.5. The average molecular weight is 1770 g/mol. The smallest absolute Gasteiger partial charge is 0.303 e. The Morgan fingerprint density at radius 1 is 0.680 bits per heavy atom. The molecule has 3 unspecified atom stereocenters. The fraction of sp³-hybridized carbons (Fsp3) is 0.756. The fourth-order valence-corrected chi connectivity index (χ4v) is 16.9. The number of ether oxygens (including phenoxy) is 10. The number of carbonyl (C=O) groups is 12. The Kier molecular flexibility index (Phi) is 48.3. The van der Waals surface area contributed by atoms with Crippen molar-refractivity contribution in [1.82, 2.24) is 57.3 Å². The molecule has 14 N–H and O–H groups in total. The van der Waals surface area contributed by atoms with Crippen LogP contribution in [-0.2, 0) is 124 Å². The molecule has 4 aliphatic heterocycles. The number of aromatic amines is 1. The van der Waals surface area contributed by atoms with E-state index < -0.39 is 169 Å². The highest BCUT2D eigenvalue weighted by molar-refractivity contribution is 7.99. The highest BCUT2D eigenvalue weighted by atomic mass is 32.2. The number of aromatic nitrogens is 1. The van der Waals surface area contributed by atoms with Crippen molar-refractivity contribution in [3.63, 3.8) is 0 Å². The molecule has 4 aliphatic rings. The van der Waals surface area contributed by atoms with E-state index in [0.717, 1.165) is 37.0 Å². The van der Waals surface area contributed by atoms with Crippen LogP contribution < -0.4 is 53.0 Å². The topological polar surface area (TPSA) is 525 Å². The monoisotopic (exact) mass is 1770 g/mol. The zero-order valence-electron chi connectivity index (χ0n) is 71.9. The molecule has 690 valence electrons. The Bertz CT molecular complexity index is 3600. The molecule has 6 rings (SSSR count). The Labute approximate surface area is 721 Å². The molecule has 2 fully saturated rings. The number of piperidine rings is 1. The number of rotatable bonds is 51. The number of nitrogens with zero attached hydrogens (tertiary/aromatic N) is 2. The molecule has 1 aromatic heterocycles. The van der Waals surface area contributed by atoms with Crippen molar-refractivity contribution in [3.8, 4) is 5.75 Å². The maximum absolute atomic E-state index is 15.8. The second-order valence-electron chi connectivity index (χ2n) is 31.0. The first-order valence-corrected chi connectivity index (χ1v) is 45.2. The standard InChI is InChI=1S/C82H134N12O26S2/c1-8-11-12-13-55(15-14-52(4)9-2)120-56-44-64-78(106)91-74(54(6)65(96)49-95)80(108)88-61-45-59-58-16-17-66(111-7)60(75(58)92-81(59)122(110)51-63(77(105)89-62(46-67(83)97)82(109)94(64)48-56)87-70(100)47-86-79(107)73(53(5)10-3)90-69(99)20-24-85-76(61)104)50-121-57-21-26-93(27-22-57)71(101)23-28-112-30-32-114-34-36-116-38-40-118-42-43-119-41-39-117-37-35-115-33-31-113-29-25-84-68(98)18-19-72(102)103/h16-17,52-57,61-65,73-74,92,95-96H,8-15,18-51H2,1-7H3,(H2,83,97)(H,84,98)(H,85,104)(H,86,107)(H,87,100)(H,88,108)(H,89,105)(H,90,99)(H,91,106)(H,102,103)/t52?,53-,54-,55?,56+,61-,62-,63-,64-,65-,73-,74-,122?/m0/s1. The third-order valence-electron chi connectivity index (χ3n) is 21.9. The number of H-pyrrole nitrogens is 1. The third kappa shape index (κ3) is 36.2. The van der Waals surface area contributed by atoms with Crippen molar-refractivity contribution in [2.45, 2.75) is 221 Å². The summed E-state index contributed by atoms with van der Waals surface area (Å²) < 4.78 is 72.9. The van der Waals surface area contributed by atoms with E-state index in [2.05, 4.69) is 68.3 Å². The van der Waals surface area contributed by atoms with Crippen LogP contribution >= 0.6 is 11.8 Å². The number of fused-ring (bicyclic) bond motifs is 5. The van der Waals surface area contributed by atoms with Gasteiger partial charge in [0.25, 0.3) is 0 Å². The van der Waals surface area contributed by atoms with Crippen molar-refractivity contribution < 1.29 is 125 Å². The van der Waals surface area contributed by atoms with Gasteiger partial charge in [0.2, 0.25) is 70.0 Å². The maximum Gasteiger partial charge on any atom is 0.303 e. The molecule has 38 nitrogen and oxygen atoms in total. The van der Waals surface area contributed by atoms with Crippen LogP contribution in [0.25, 0.3) is 10.9 Å². The summed E-state index contributed by atoms with van der Waals surface area (Å²) in [7, 11) is 1.47. The number of thioether (sulfide) groups is 1. The number of unbranched alkanes of at least 4 members (excludes halogenated alkanes) is 2. The summed E-state index contributed by atoms with van der Waals surface area (Å²) in [6, 6.07) is -6.53. The Balaban J connectivity index is 1.13. The van der Waals surface area contributed by atoms with Gasteiger partial charge in [-0.15, -0.1) is 0 Å². The SMILES string of the molecule is CCCCCC(CCC(C)CC)O[C@@H]1C[C@H]2C(=O)N[C@@H]([C@@H](C)[C@@H](O)CO)C(=O)N[C@H]3Cc4c([nH]c5c(CSC6CCN(C(=O)CCOCCOCCOCCOCCOCCOCCOCCOCCNC(=O)CCC(=O)O)CC6)c(OC)ccc45)[S+]([O-])C[C@H](NC(=O)CNC(=O)[C@H]([C@@H](C)CC)NC(=O)CCNC3=O)C(=O)N[C@@H](CC(N)=O)C(=O)N2C1. The first-order valence-electron chi connectivity index (χ1n) is 42.9. The zero-order chi connectivity index (χ0) is 88.9. The van der Waals surface area contributed by atoms with Crippen LogP contribution in [0.5, 0.6) is 5.75 Å². The predicted molar refractivity (Wildman–Crippen MR) is 449 cm³/mol. The van der Waals surface area contributed by atoms with Crippen LogP contribution in [0.3, 0.4) is 0 Å². The maximum atomic E-state index is 15.8. The number of carboxylic acids is 1. The number of aliphatic hydroxyl groups is 2. The number of aliphatic carboxylic acids is 1. The number of nitrogens with one attached hydrogen (secondary N) is 9. The molecule has 122 heavy (non-hydrogen) atoms. The van der Waals surface area contributed by atoms with E-state index >= 15 is 28.5 Å².